The predicted molar refractivity (Wildman–Crippen MR) is 63.2 cm³/mol. The zero-order valence-corrected chi connectivity index (χ0v) is 9.27. The number of nitrogens with two attached hydrogens (primary N) is 1. The molecule has 1 aromatic carbocycles. The van der Waals surface area contributed by atoms with Gasteiger partial charge in [-0.3, -0.25) is 0 Å². The Morgan fingerprint density at radius 3 is 2.50 bits per heavy atom. The maximum atomic E-state index is 5.54. The van der Waals surface area contributed by atoms with Crippen LogP contribution in [0.2, 0.25) is 0 Å². The number of anilines is 1. The molecular weight excluding hydrogens is 202 g/mol. The number of methoxy groups -OCH3 is 1. The van der Waals surface area contributed by atoms with Crippen molar-refractivity contribution in [2.24, 2.45) is 0 Å². The zero-order chi connectivity index (χ0) is 11.5. The monoisotopic (exact) mass is 215 g/mol. The topological polar surface area (TPSA) is 61.0 Å². The molecule has 0 unspecified atom stereocenters. The molecule has 0 bridgehead atoms. The van der Waals surface area contributed by atoms with Crippen LogP contribution in [0.15, 0.2) is 30.6 Å². The minimum Gasteiger partial charge on any atom is -0.496 e. The summed E-state index contributed by atoms with van der Waals surface area (Å²) >= 11 is 0. The fourth-order valence-corrected chi connectivity index (χ4v) is 1.46. The van der Waals surface area contributed by atoms with Crippen LogP contribution >= 0.6 is 0 Å². The lowest BCUT2D eigenvalue weighted by atomic mass is 10.1. The first-order chi connectivity index (χ1) is 7.70. The second kappa shape index (κ2) is 4.18. The molecule has 0 fully saturated rings. The van der Waals surface area contributed by atoms with Gasteiger partial charge in [0, 0.05) is 0 Å². The molecule has 0 saturated heterocycles. The largest absolute Gasteiger partial charge is 0.496 e. The van der Waals surface area contributed by atoms with E-state index >= 15 is 0 Å². The van der Waals surface area contributed by atoms with Gasteiger partial charge in [0.2, 0.25) is 0 Å². The molecule has 0 aliphatic carbocycles. The van der Waals surface area contributed by atoms with Gasteiger partial charge in [-0.1, -0.05) is 6.07 Å². The molecule has 1 heterocycles. The van der Waals surface area contributed by atoms with Gasteiger partial charge in [0.05, 0.1) is 30.8 Å². The number of hydrogen-bond acceptors (Lipinski definition) is 4. The Kier molecular flexibility index (Phi) is 2.72. The van der Waals surface area contributed by atoms with Gasteiger partial charge in [-0.05, 0) is 24.6 Å². The summed E-state index contributed by atoms with van der Waals surface area (Å²) in [4.78, 5) is 8.34. The van der Waals surface area contributed by atoms with Crippen molar-refractivity contribution in [2.45, 2.75) is 6.92 Å². The smallest absolute Gasteiger partial charge is 0.163 e. The van der Waals surface area contributed by atoms with Crippen molar-refractivity contribution >= 4 is 5.69 Å². The molecule has 0 aliphatic rings. The van der Waals surface area contributed by atoms with E-state index in [0.717, 1.165) is 16.9 Å². The first kappa shape index (κ1) is 10.4. The Labute approximate surface area is 94.1 Å². The van der Waals surface area contributed by atoms with E-state index in [1.165, 1.54) is 0 Å². The van der Waals surface area contributed by atoms with Crippen molar-refractivity contribution < 1.29 is 4.74 Å². The van der Waals surface area contributed by atoms with E-state index in [1.54, 1.807) is 19.5 Å². The van der Waals surface area contributed by atoms with Crippen LogP contribution in [0.25, 0.3) is 11.4 Å². The average Bonchev–Trinajstić information content (AvgIpc) is 2.30. The molecule has 2 N–H and O–H groups in total. The van der Waals surface area contributed by atoms with Gasteiger partial charge in [-0.15, -0.1) is 0 Å². The summed E-state index contributed by atoms with van der Waals surface area (Å²) in [5.41, 5.74) is 8.10. The van der Waals surface area contributed by atoms with Crippen LogP contribution in [-0.2, 0) is 0 Å². The predicted octanol–water partition coefficient (Wildman–Crippen LogP) is 2.04. The third kappa shape index (κ3) is 1.95. The standard InChI is InChI=1S/C12H13N3O/c1-8-3-4-10(11(5-8)16-2)12-14-6-9(13)7-15-12/h3-7H,13H2,1-2H3. The van der Waals surface area contributed by atoms with E-state index in [1.807, 2.05) is 25.1 Å². The second-order valence-electron chi connectivity index (χ2n) is 3.54. The first-order valence-electron chi connectivity index (χ1n) is 4.93. The highest BCUT2D eigenvalue weighted by Crippen LogP contribution is 2.27. The molecule has 4 heteroatoms. The van der Waals surface area contributed by atoms with Crippen molar-refractivity contribution in [3.05, 3.63) is 36.2 Å². The maximum absolute atomic E-state index is 5.54. The van der Waals surface area contributed by atoms with Gasteiger partial charge in [-0.2, -0.15) is 0 Å². The van der Waals surface area contributed by atoms with Gasteiger partial charge in [0.1, 0.15) is 5.75 Å². The Morgan fingerprint density at radius 2 is 1.88 bits per heavy atom. The van der Waals surface area contributed by atoms with Crippen molar-refractivity contribution in [3.63, 3.8) is 0 Å². The van der Waals surface area contributed by atoms with Crippen LogP contribution in [0.5, 0.6) is 5.75 Å². The fraction of sp³-hybridized carbons (Fsp3) is 0.167. The maximum Gasteiger partial charge on any atom is 0.163 e. The van der Waals surface area contributed by atoms with Gasteiger partial charge >= 0.3 is 0 Å². The lowest BCUT2D eigenvalue weighted by Gasteiger charge is -2.08. The lowest BCUT2D eigenvalue weighted by molar-refractivity contribution is 0.416. The normalized spacial score (nSPS) is 10.1. The van der Waals surface area contributed by atoms with E-state index in [2.05, 4.69) is 9.97 Å². The summed E-state index contributed by atoms with van der Waals surface area (Å²) in [6.45, 7) is 2.01. The molecule has 0 spiro atoms. The van der Waals surface area contributed by atoms with Gasteiger partial charge < -0.3 is 10.5 Å². The van der Waals surface area contributed by atoms with Crippen molar-refractivity contribution in [2.75, 3.05) is 12.8 Å². The summed E-state index contributed by atoms with van der Waals surface area (Å²) < 4.78 is 5.30. The first-order valence-corrected chi connectivity index (χ1v) is 4.93. The minimum atomic E-state index is 0.551. The summed E-state index contributed by atoms with van der Waals surface area (Å²) in [6, 6.07) is 5.90. The average molecular weight is 215 g/mol. The number of aromatic nitrogens is 2. The highest BCUT2D eigenvalue weighted by atomic mass is 16.5. The quantitative estimate of drug-likeness (QED) is 0.832. The summed E-state index contributed by atoms with van der Waals surface area (Å²) in [6.07, 6.45) is 3.17. The SMILES string of the molecule is COc1cc(C)ccc1-c1ncc(N)cn1. The number of benzene rings is 1. The van der Waals surface area contributed by atoms with E-state index < -0.39 is 0 Å². The number of nitrogen functional groups attached to an aromatic ring is 1. The highest BCUT2D eigenvalue weighted by Gasteiger charge is 2.07. The number of rotatable bonds is 2. The molecule has 1 aromatic heterocycles. The van der Waals surface area contributed by atoms with E-state index in [0.29, 0.717) is 11.5 Å². The van der Waals surface area contributed by atoms with Crippen LogP contribution in [0.1, 0.15) is 5.56 Å². The summed E-state index contributed by atoms with van der Waals surface area (Å²) in [5.74, 6) is 1.39. The van der Waals surface area contributed by atoms with E-state index in [4.69, 9.17) is 10.5 Å². The van der Waals surface area contributed by atoms with Gasteiger partial charge in [0.25, 0.3) is 0 Å². The highest BCUT2D eigenvalue weighted by molar-refractivity contribution is 5.65. The van der Waals surface area contributed by atoms with Crippen LogP contribution in [0, 0.1) is 6.92 Å². The third-order valence-electron chi connectivity index (χ3n) is 2.27. The van der Waals surface area contributed by atoms with Crippen LogP contribution in [-0.4, -0.2) is 17.1 Å². The lowest BCUT2D eigenvalue weighted by Crippen LogP contribution is -1.95. The molecule has 0 saturated carbocycles. The summed E-state index contributed by atoms with van der Waals surface area (Å²) in [5, 5.41) is 0. The van der Waals surface area contributed by atoms with Crippen molar-refractivity contribution in [3.8, 4) is 17.1 Å². The van der Waals surface area contributed by atoms with E-state index in [9.17, 15) is 0 Å². The number of nitrogens with zero attached hydrogens (tertiary/aromatic N) is 2. The molecule has 82 valence electrons. The molecule has 0 amide bonds. The van der Waals surface area contributed by atoms with Gasteiger partial charge in [0.15, 0.2) is 5.82 Å². The molecule has 0 atom stereocenters. The Bertz CT molecular complexity index is 494. The van der Waals surface area contributed by atoms with Crippen molar-refractivity contribution in [1.29, 1.82) is 0 Å². The Morgan fingerprint density at radius 1 is 1.19 bits per heavy atom. The number of ether oxygens (including phenoxy) is 1. The number of hydrogen-bond donors (Lipinski definition) is 1. The van der Waals surface area contributed by atoms with Crippen LogP contribution in [0.4, 0.5) is 5.69 Å². The third-order valence-corrected chi connectivity index (χ3v) is 2.27. The van der Waals surface area contributed by atoms with Crippen molar-refractivity contribution in [1.82, 2.24) is 9.97 Å². The zero-order valence-electron chi connectivity index (χ0n) is 9.27. The van der Waals surface area contributed by atoms with Crippen LogP contribution in [0.3, 0.4) is 0 Å². The molecular formula is C12H13N3O. The van der Waals surface area contributed by atoms with Crippen LogP contribution < -0.4 is 10.5 Å². The Balaban J connectivity index is 2.51. The molecule has 16 heavy (non-hydrogen) atoms. The molecule has 2 aromatic rings. The van der Waals surface area contributed by atoms with Gasteiger partial charge in [-0.25, -0.2) is 9.97 Å². The fourth-order valence-electron chi connectivity index (χ4n) is 1.46. The summed E-state index contributed by atoms with van der Waals surface area (Å²) in [7, 11) is 1.63. The molecule has 0 aliphatic heterocycles. The number of aryl methyl sites for hydroxylation is 1. The molecule has 4 nitrogen and oxygen atoms in total. The minimum absolute atomic E-state index is 0.551. The van der Waals surface area contributed by atoms with E-state index in [-0.39, 0.29) is 0 Å². The second-order valence-corrected chi connectivity index (χ2v) is 3.54. The Hall–Kier alpha value is -2.10. The molecule has 0 radical (unpaired) electrons. The molecule has 2 rings (SSSR count).